The topological polar surface area (TPSA) is 100 Å². The van der Waals surface area contributed by atoms with Crippen molar-refractivity contribution < 1.29 is 19.1 Å². The van der Waals surface area contributed by atoms with Crippen molar-refractivity contribution >= 4 is 28.7 Å². The molecular formula is C20H27N3O4. The van der Waals surface area contributed by atoms with E-state index in [9.17, 15) is 14.4 Å². The smallest absolute Gasteiger partial charge is 0.306 e. The number of esters is 1. The van der Waals surface area contributed by atoms with E-state index >= 15 is 0 Å². The van der Waals surface area contributed by atoms with E-state index in [0.29, 0.717) is 13.0 Å². The van der Waals surface area contributed by atoms with Crippen LogP contribution in [0, 0.1) is 0 Å². The SMILES string of the molecule is CCCNC(=O)[C@@H](C)NC(=O)COC(=O)CCCc1c[nH]c2ccccc12. The minimum absolute atomic E-state index is 0.235. The van der Waals surface area contributed by atoms with Crippen molar-refractivity contribution in [3.8, 4) is 0 Å². The Morgan fingerprint density at radius 2 is 2.00 bits per heavy atom. The van der Waals surface area contributed by atoms with E-state index in [-0.39, 0.29) is 18.9 Å². The highest BCUT2D eigenvalue weighted by Crippen LogP contribution is 2.19. The molecule has 0 aliphatic rings. The highest BCUT2D eigenvalue weighted by molar-refractivity contribution is 5.88. The number of benzene rings is 1. The first-order chi connectivity index (χ1) is 13.0. The Balaban J connectivity index is 1.65. The second-order valence-electron chi connectivity index (χ2n) is 6.45. The predicted molar refractivity (Wildman–Crippen MR) is 103 cm³/mol. The van der Waals surface area contributed by atoms with Crippen LogP contribution < -0.4 is 10.6 Å². The fraction of sp³-hybridized carbons (Fsp3) is 0.450. The number of ether oxygens (including phenoxy) is 1. The van der Waals surface area contributed by atoms with Gasteiger partial charge in [0.1, 0.15) is 6.04 Å². The fourth-order valence-electron chi connectivity index (χ4n) is 2.73. The zero-order chi connectivity index (χ0) is 19.6. The standard InChI is InChI=1S/C20H27N3O4/c1-3-11-21-20(26)14(2)23-18(24)13-27-19(25)10-6-7-15-12-22-17-9-5-4-8-16(15)17/h4-5,8-9,12,14,22H,3,6-7,10-11,13H2,1-2H3,(H,21,26)(H,23,24)/t14-/m1/s1. The molecule has 1 atom stereocenters. The summed E-state index contributed by atoms with van der Waals surface area (Å²) in [4.78, 5) is 38.5. The minimum atomic E-state index is -0.662. The summed E-state index contributed by atoms with van der Waals surface area (Å²) in [7, 11) is 0. The van der Waals surface area contributed by atoms with Crippen molar-refractivity contribution in [1.29, 1.82) is 0 Å². The number of hydrogen-bond donors (Lipinski definition) is 3. The van der Waals surface area contributed by atoms with E-state index in [1.54, 1.807) is 6.92 Å². The highest BCUT2D eigenvalue weighted by atomic mass is 16.5. The second-order valence-corrected chi connectivity index (χ2v) is 6.45. The largest absolute Gasteiger partial charge is 0.456 e. The number of aromatic amines is 1. The van der Waals surface area contributed by atoms with Gasteiger partial charge in [0.05, 0.1) is 0 Å². The van der Waals surface area contributed by atoms with Gasteiger partial charge in [0.25, 0.3) is 5.91 Å². The number of fused-ring (bicyclic) bond motifs is 1. The lowest BCUT2D eigenvalue weighted by Gasteiger charge is -2.13. The third-order valence-electron chi connectivity index (χ3n) is 4.19. The lowest BCUT2D eigenvalue weighted by molar-refractivity contribution is -0.149. The monoisotopic (exact) mass is 373 g/mol. The van der Waals surface area contributed by atoms with Crippen molar-refractivity contribution in [3.05, 3.63) is 36.0 Å². The molecule has 27 heavy (non-hydrogen) atoms. The summed E-state index contributed by atoms with van der Waals surface area (Å²) in [6.45, 7) is 3.72. The average molecular weight is 373 g/mol. The lowest BCUT2D eigenvalue weighted by Crippen LogP contribution is -2.46. The van der Waals surface area contributed by atoms with Crippen molar-refractivity contribution in [2.45, 2.75) is 45.6 Å². The quantitative estimate of drug-likeness (QED) is 0.555. The number of rotatable bonds is 10. The number of carbonyl (C=O) groups is 3. The van der Waals surface area contributed by atoms with Gasteiger partial charge in [-0.15, -0.1) is 0 Å². The van der Waals surface area contributed by atoms with Gasteiger partial charge in [0, 0.05) is 30.1 Å². The number of aromatic nitrogens is 1. The summed E-state index contributed by atoms with van der Waals surface area (Å²) >= 11 is 0. The molecule has 0 saturated heterocycles. The van der Waals surface area contributed by atoms with Crippen molar-refractivity contribution in [1.82, 2.24) is 15.6 Å². The normalized spacial score (nSPS) is 11.8. The number of aryl methyl sites for hydroxylation is 1. The molecule has 0 bridgehead atoms. The molecule has 3 N–H and O–H groups in total. The van der Waals surface area contributed by atoms with E-state index < -0.39 is 17.9 Å². The maximum Gasteiger partial charge on any atom is 0.306 e. The molecule has 7 heteroatoms. The first kappa shape index (κ1) is 20.5. The van der Waals surface area contributed by atoms with Crippen LogP contribution in [0.15, 0.2) is 30.5 Å². The van der Waals surface area contributed by atoms with Crippen LogP contribution in [0.4, 0.5) is 0 Å². The van der Waals surface area contributed by atoms with Crippen LogP contribution in [0.3, 0.4) is 0 Å². The molecule has 1 aromatic carbocycles. The molecule has 0 unspecified atom stereocenters. The molecule has 7 nitrogen and oxygen atoms in total. The van der Waals surface area contributed by atoms with Crippen molar-refractivity contribution in [3.63, 3.8) is 0 Å². The molecule has 146 valence electrons. The van der Waals surface area contributed by atoms with E-state index in [0.717, 1.165) is 29.3 Å². The van der Waals surface area contributed by atoms with Gasteiger partial charge in [-0.25, -0.2) is 0 Å². The molecule has 0 aliphatic carbocycles. The fourth-order valence-corrected chi connectivity index (χ4v) is 2.73. The van der Waals surface area contributed by atoms with Crippen LogP contribution in [0.5, 0.6) is 0 Å². The van der Waals surface area contributed by atoms with Gasteiger partial charge in [0.15, 0.2) is 6.61 Å². The summed E-state index contributed by atoms with van der Waals surface area (Å²) < 4.78 is 4.98. The molecule has 2 amide bonds. The first-order valence-corrected chi connectivity index (χ1v) is 9.29. The second kappa shape index (κ2) is 10.4. The number of para-hydroxylation sites is 1. The molecule has 0 radical (unpaired) electrons. The van der Waals surface area contributed by atoms with Crippen LogP contribution in [0.1, 0.15) is 38.7 Å². The summed E-state index contributed by atoms with van der Waals surface area (Å²) in [6, 6.07) is 7.34. The molecule has 1 heterocycles. The van der Waals surface area contributed by atoms with Crippen LogP contribution in [0.25, 0.3) is 10.9 Å². The Morgan fingerprint density at radius 3 is 2.78 bits per heavy atom. The molecule has 2 rings (SSSR count). The molecular weight excluding hydrogens is 346 g/mol. The van der Waals surface area contributed by atoms with Crippen LogP contribution in [-0.4, -0.2) is 42.0 Å². The third-order valence-corrected chi connectivity index (χ3v) is 4.19. The zero-order valence-electron chi connectivity index (χ0n) is 15.8. The molecule has 0 spiro atoms. The lowest BCUT2D eigenvalue weighted by atomic mass is 10.1. The van der Waals surface area contributed by atoms with Gasteiger partial charge in [0.2, 0.25) is 5.91 Å². The van der Waals surface area contributed by atoms with Crippen LogP contribution in [-0.2, 0) is 25.5 Å². The summed E-state index contributed by atoms with van der Waals surface area (Å²) in [5.41, 5.74) is 2.23. The molecule has 0 fully saturated rings. The number of nitrogens with one attached hydrogen (secondary N) is 3. The van der Waals surface area contributed by atoms with Gasteiger partial charge in [-0.05, 0) is 37.8 Å². The molecule has 1 aromatic heterocycles. The van der Waals surface area contributed by atoms with Crippen LogP contribution >= 0.6 is 0 Å². The number of hydrogen-bond acceptors (Lipinski definition) is 4. The molecule has 0 aliphatic heterocycles. The van der Waals surface area contributed by atoms with Gasteiger partial charge < -0.3 is 20.4 Å². The Kier molecular flexibility index (Phi) is 7.85. The van der Waals surface area contributed by atoms with E-state index in [1.165, 1.54) is 0 Å². The maximum atomic E-state index is 11.8. The van der Waals surface area contributed by atoms with Crippen LogP contribution in [0.2, 0.25) is 0 Å². The van der Waals surface area contributed by atoms with E-state index in [1.807, 2.05) is 37.4 Å². The highest BCUT2D eigenvalue weighted by Gasteiger charge is 2.16. The predicted octanol–water partition coefficient (Wildman–Crippen LogP) is 2.06. The Labute approximate surface area is 158 Å². The summed E-state index contributed by atoms with van der Waals surface area (Å²) in [5.74, 6) is -1.16. The van der Waals surface area contributed by atoms with Crippen molar-refractivity contribution in [2.75, 3.05) is 13.2 Å². The zero-order valence-corrected chi connectivity index (χ0v) is 15.8. The minimum Gasteiger partial charge on any atom is -0.456 e. The van der Waals surface area contributed by atoms with E-state index in [4.69, 9.17) is 4.74 Å². The first-order valence-electron chi connectivity index (χ1n) is 9.29. The van der Waals surface area contributed by atoms with Gasteiger partial charge in [-0.3, -0.25) is 14.4 Å². The number of amides is 2. The summed E-state index contributed by atoms with van der Waals surface area (Å²) in [6.07, 6.45) is 4.40. The summed E-state index contributed by atoms with van der Waals surface area (Å²) in [5, 5.41) is 6.36. The number of carbonyl (C=O) groups excluding carboxylic acids is 3. The average Bonchev–Trinajstić information content (AvgIpc) is 3.07. The number of H-pyrrole nitrogens is 1. The maximum absolute atomic E-state index is 11.8. The van der Waals surface area contributed by atoms with Gasteiger partial charge in [-0.2, -0.15) is 0 Å². The van der Waals surface area contributed by atoms with E-state index in [2.05, 4.69) is 15.6 Å². The molecule has 0 saturated carbocycles. The Hall–Kier alpha value is -2.83. The third kappa shape index (κ3) is 6.44. The Morgan fingerprint density at radius 1 is 1.22 bits per heavy atom. The molecule has 2 aromatic rings. The van der Waals surface area contributed by atoms with Crippen molar-refractivity contribution in [2.24, 2.45) is 0 Å². The Bertz CT molecular complexity index is 784. The van der Waals surface area contributed by atoms with Gasteiger partial charge >= 0.3 is 5.97 Å². The van der Waals surface area contributed by atoms with Gasteiger partial charge in [-0.1, -0.05) is 25.1 Å².